The molecule has 0 spiro atoms. The third-order valence-electron chi connectivity index (χ3n) is 6.43. The van der Waals surface area contributed by atoms with Crippen molar-refractivity contribution in [3.05, 3.63) is 65.2 Å². The SMILES string of the molecule is CC(C)CCN1CC(=O)NCCCCCOc2cccc(C(=O)N[C@H](CO)Cc3ccccc3)c2C1. The lowest BCUT2D eigenvalue weighted by Gasteiger charge is -2.26. The monoisotopic (exact) mass is 495 g/mol. The molecule has 1 aliphatic rings. The van der Waals surface area contributed by atoms with E-state index < -0.39 is 6.04 Å². The Balaban J connectivity index is 1.86. The molecule has 2 amide bonds. The van der Waals surface area contributed by atoms with Gasteiger partial charge in [0.1, 0.15) is 5.75 Å². The van der Waals surface area contributed by atoms with Crippen LogP contribution >= 0.6 is 0 Å². The lowest BCUT2D eigenvalue weighted by Crippen LogP contribution is -2.40. The highest BCUT2D eigenvalue weighted by molar-refractivity contribution is 5.96. The van der Waals surface area contributed by atoms with Crippen molar-refractivity contribution >= 4 is 11.8 Å². The molecule has 7 heteroatoms. The first-order valence-electron chi connectivity index (χ1n) is 13.2. The third-order valence-corrected chi connectivity index (χ3v) is 6.43. The van der Waals surface area contributed by atoms with Gasteiger partial charge >= 0.3 is 0 Å². The lowest BCUT2D eigenvalue weighted by molar-refractivity contribution is -0.122. The lowest BCUT2D eigenvalue weighted by atomic mass is 10.0. The number of nitrogens with one attached hydrogen (secondary N) is 2. The van der Waals surface area contributed by atoms with Gasteiger partial charge < -0.3 is 20.5 Å². The van der Waals surface area contributed by atoms with Crippen LogP contribution in [0, 0.1) is 5.92 Å². The van der Waals surface area contributed by atoms with Gasteiger partial charge in [-0.1, -0.05) is 50.2 Å². The molecule has 36 heavy (non-hydrogen) atoms. The van der Waals surface area contributed by atoms with Crippen LogP contribution in [0.4, 0.5) is 0 Å². The fourth-order valence-corrected chi connectivity index (χ4v) is 4.35. The Hall–Kier alpha value is -2.90. The van der Waals surface area contributed by atoms with Gasteiger partial charge in [0.25, 0.3) is 5.91 Å². The molecular weight excluding hydrogens is 454 g/mol. The summed E-state index contributed by atoms with van der Waals surface area (Å²) in [6.07, 6.45) is 4.24. The highest BCUT2D eigenvalue weighted by Gasteiger charge is 2.22. The molecule has 0 aliphatic carbocycles. The zero-order valence-corrected chi connectivity index (χ0v) is 21.7. The first-order valence-corrected chi connectivity index (χ1v) is 13.2. The summed E-state index contributed by atoms with van der Waals surface area (Å²) in [5.41, 5.74) is 2.34. The molecule has 0 bridgehead atoms. The van der Waals surface area contributed by atoms with Crippen LogP contribution in [0.3, 0.4) is 0 Å². The Kier molecular flexibility index (Phi) is 11.2. The van der Waals surface area contributed by atoms with Gasteiger partial charge in [-0.2, -0.15) is 0 Å². The summed E-state index contributed by atoms with van der Waals surface area (Å²) in [6.45, 7) is 6.85. The Labute approximate surface area is 215 Å². The molecule has 1 aliphatic heterocycles. The van der Waals surface area contributed by atoms with Gasteiger partial charge in [-0.05, 0) is 62.3 Å². The smallest absolute Gasteiger partial charge is 0.252 e. The number of rotatable bonds is 8. The van der Waals surface area contributed by atoms with Crippen molar-refractivity contribution < 1.29 is 19.4 Å². The predicted octanol–water partition coefficient (Wildman–Crippen LogP) is 3.55. The van der Waals surface area contributed by atoms with Crippen LogP contribution in [-0.4, -0.2) is 60.7 Å². The molecule has 0 fully saturated rings. The van der Waals surface area contributed by atoms with Gasteiger partial charge in [0.15, 0.2) is 0 Å². The standard InChI is InChI=1S/C29H41N3O4/c1-22(2)14-16-32-19-26-25(29(35)31-24(21-33)18-23-10-5-3-6-11-23)12-9-13-27(26)36-17-8-4-7-15-30-28(34)20-32/h3,5-6,9-13,22,24,33H,4,7-8,14-21H2,1-2H3,(H,30,34)(H,31,35)/t24-/m0/s1. The molecule has 7 nitrogen and oxygen atoms in total. The minimum atomic E-state index is -0.408. The van der Waals surface area contributed by atoms with Crippen LogP contribution in [0.2, 0.25) is 0 Å². The number of aliphatic hydroxyl groups excluding tert-OH is 1. The first kappa shape index (κ1) is 27.7. The summed E-state index contributed by atoms with van der Waals surface area (Å²) in [5, 5.41) is 16.0. The highest BCUT2D eigenvalue weighted by Crippen LogP contribution is 2.26. The van der Waals surface area contributed by atoms with Crippen molar-refractivity contribution in [2.45, 2.75) is 58.5 Å². The number of hydrogen-bond acceptors (Lipinski definition) is 5. The Morgan fingerprint density at radius 1 is 1.08 bits per heavy atom. The van der Waals surface area contributed by atoms with Gasteiger partial charge in [-0.3, -0.25) is 14.5 Å². The van der Waals surface area contributed by atoms with Gasteiger partial charge in [0.05, 0.1) is 25.8 Å². The Bertz CT molecular complexity index is 964. The summed E-state index contributed by atoms with van der Waals surface area (Å²) >= 11 is 0. The number of hydrogen-bond donors (Lipinski definition) is 3. The number of carbonyl (C=O) groups excluding carboxylic acids is 2. The minimum Gasteiger partial charge on any atom is -0.493 e. The average molecular weight is 496 g/mol. The van der Waals surface area contributed by atoms with Gasteiger partial charge in [-0.15, -0.1) is 0 Å². The van der Waals surface area contributed by atoms with Crippen molar-refractivity contribution in [3.63, 3.8) is 0 Å². The van der Waals surface area contributed by atoms with Crippen LogP contribution in [0.25, 0.3) is 0 Å². The van der Waals surface area contributed by atoms with Crippen molar-refractivity contribution in [2.75, 3.05) is 32.8 Å². The molecule has 3 rings (SSSR count). The second-order valence-corrected chi connectivity index (χ2v) is 9.98. The number of nitrogens with zero attached hydrogens (tertiary/aromatic N) is 1. The maximum absolute atomic E-state index is 13.5. The number of ether oxygens (including phenoxy) is 1. The molecule has 0 radical (unpaired) electrons. The maximum Gasteiger partial charge on any atom is 0.252 e. The van der Waals surface area contributed by atoms with E-state index in [1.807, 2.05) is 42.5 Å². The molecule has 3 N–H and O–H groups in total. The fraction of sp³-hybridized carbons (Fsp3) is 0.517. The first-order chi connectivity index (χ1) is 17.5. The van der Waals surface area contributed by atoms with Gasteiger partial charge in [0.2, 0.25) is 5.91 Å². The van der Waals surface area contributed by atoms with E-state index in [4.69, 9.17) is 4.74 Å². The molecular formula is C29H41N3O4. The number of carbonyl (C=O) groups is 2. The summed E-state index contributed by atoms with van der Waals surface area (Å²) in [4.78, 5) is 28.2. The average Bonchev–Trinajstić information content (AvgIpc) is 2.88. The summed E-state index contributed by atoms with van der Waals surface area (Å²) in [7, 11) is 0. The van der Waals surface area contributed by atoms with Crippen molar-refractivity contribution in [1.29, 1.82) is 0 Å². The number of aliphatic hydroxyl groups is 1. The minimum absolute atomic E-state index is 0.00519. The van der Waals surface area contributed by atoms with E-state index in [-0.39, 0.29) is 25.0 Å². The van der Waals surface area contributed by atoms with Crippen LogP contribution < -0.4 is 15.4 Å². The Morgan fingerprint density at radius 2 is 1.89 bits per heavy atom. The number of fused-ring (bicyclic) bond motifs is 1. The van der Waals surface area contributed by atoms with Crippen LogP contribution in [0.5, 0.6) is 5.75 Å². The predicted molar refractivity (Wildman–Crippen MR) is 142 cm³/mol. The highest BCUT2D eigenvalue weighted by atomic mass is 16.5. The van der Waals surface area contributed by atoms with Crippen molar-refractivity contribution in [3.8, 4) is 5.75 Å². The summed E-state index contributed by atoms with van der Waals surface area (Å²) < 4.78 is 6.16. The van der Waals surface area contributed by atoms with E-state index in [1.54, 1.807) is 6.07 Å². The van der Waals surface area contributed by atoms with Crippen molar-refractivity contribution in [2.24, 2.45) is 5.92 Å². The molecule has 196 valence electrons. The van der Waals surface area contributed by atoms with Gasteiger partial charge in [0, 0.05) is 24.2 Å². The van der Waals surface area contributed by atoms with Crippen LogP contribution in [-0.2, 0) is 17.8 Å². The van der Waals surface area contributed by atoms with E-state index in [9.17, 15) is 14.7 Å². The zero-order valence-electron chi connectivity index (χ0n) is 21.7. The molecule has 2 aromatic carbocycles. The Morgan fingerprint density at radius 3 is 2.64 bits per heavy atom. The van der Waals surface area contributed by atoms with Crippen LogP contribution in [0.1, 0.15) is 61.0 Å². The molecule has 0 aromatic heterocycles. The van der Waals surface area contributed by atoms with E-state index >= 15 is 0 Å². The summed E-state index contributed by atoms with van der Waals surface area (Å²) in [5.74, 6) is 0.935. The van der Waals surface area contributed by atoms with E-state index in [2.05, 4.69) is 29.4 Å². The molecule has 2 aromatic rings. The fourth-order valence-electron chi connectivity index (χ4n) is 4.35. The topological polar surface area (TPSA) is 90.9 Å². The molecule has 0 saturated heterocycles. The normalized spacial score (nSPS) is 16.5. The molecule has 1 heterocycles. The van der Waals surface area contributed by atoms with Gasteiger partial charge in [-0.25, -0.2) is 0 Å². The molecule has 1 atom stereocenters. The maximum atomic E-state index is 13.5. The van der Waals surface area contributed by atoms with E-state index in [0.717, 1.165) is 43.4 Å². The second-order valence-electron chi connectivity index (χ2n) is 9.98. The largest absolute Gasteiger partial charge is 0.493 e. The van der Waals surface area contributed by atoms with E-state index in [1.165, 1.54) is 0 Å². The third kappa shape index (κ3) is 8.95. The number of amides is 2. The number of benzene rings is 2. The zero-order chi connectivity index (χ0) is 25.8. The van der Waals surface area contributed by atoms with Crippen molar-refractivity contribution in [1.82, 2.24) is 15.5 Å². The van der Waals surface area contributed by atoms with Crippen LogP contribution in [0.15, 0.2) is 48.5 Å². The second kappa shape index (κ2) is 14.6. The van der Waals surface area contributed by atoms with E-state index in [0.29, 0.717) is 43.3 Å². The summed E-state index contributed by atoms with van der Waals surface area (Å²) in [6, 6.07) is 14.9. The quantitative estimate of drug-likeness (QED) is 0.521. The molecule has 0 saturated carbocycles. The molecule has 0 unspecified atom stereocenters.